The molecule has 11 heteroatoms. The van der Waals surface area contributed by atoms with Gasteiger partial charge in [0.05, 0.1) is 33.8 Å². The summed E-state index contributed by atoms with van der Waals surface area (Å²) in [6.45, 7) is 2.72. The van der Waals surface area contributed by atoms with E-state index in [1.807, 2.05) is 0 Å². The summed E-state index contributed by atoms with van der Waals surface area (Å²) in [5.41, 5.74) is 0.0762. The van der Waals surface area contributed by atoms with Crippen LogP contribution in [0, 0.1) is 5.82 Å². The standard InChI is InChI=1S/C26H22ClF4NO4S/c1-15(25-20(27)7-4-8-21(25)28)11-17-9-10-23-22(12-17)32(14-24(36-23)16(2)33)37(34,35)19-6-3-5-18(13-19)26(29,30)31/h3-13,16,24,33H,14H2,1-2H3/t16-,24-/m1/s1. The van der Waals surface area contributed by atoms with E-state index >= 15 is 0 Å². The molecule has 0 aliphatic carbocycles. The summed E-state index contributed by atoms with van der Waals surface area (Å²) in [4.78, 5) is -0.560. The molecular formula is C26H22ClF4NO4S. The monoisotopic (exact) mass is 555 g/mol. The van der Waals surface area contributed by atoms with Crippen molar-refractivity contribution in [3.05, 3.63) is 88.2 Å². The maximum atomic E-state index is 14.4. The van der Waals surface area contributed by atoms with Gasteiger partial charge in [-0.2, -0.15) is 13.2 Å². The van der Waals surface area contributed by atoms with Gasteiger partial charge in [0.25, 0.3) is 10.0 Å². The number of benzene rings is 3. The molecule has 37 heavy (non-hydrogen) atoms. The first-order valence-electron chi connectivity index (χ1n) is 11.1. The molecule has 0 saturated heterocycles. The second-order valence-electron chi connectivity index (χ2n) is 8.61. The summed E-state index contributed by atoms with van der Waals surface area (Å²) in [5, 5.41) is 10.3. The lowest BCUT2D eigenvalue weighted by molar-refractivity contribution is -0.137. The minimum atomic E-state index is -4.74. The Morgan fingerprint density at radius 2 is 1.86 bits per heavy atom. The molecule has 0 bridgehead atoms. The van der Waals surface area contributed by atoms with Crippen molar-refractivity contribution >= 4 is 39.0 Å². The second kappa shape index (κ2) is 10.00. The maximum Gasteiger partial charge on any atom is 0.416 e. The van der Waals surface area contributed by atoms with E-state index in [2.05, 4.69) is 0 Å². The van der Waals surface area contributed by atoms with Crippen LogP contribution in [-0.4, -0.2) is 32.3 Å². The number of fused-ring (bicyclic) bond motifs is 1. The Bertz CT molecular complexity index is 1450. The first-order chi connectivity index (χ1) is 17.3. The topological polar surface area (TPSA) is 66.8 Å². The normalized spacial score (nSPS) is 17.2. The number of nitrogens with zero attached hydrogens (tertiary/aromatic N) is 1. The Morgan fingerprint density at radius 1 is 1.16 bits per heavy atom. The highest BCUT2D eigenvalue weighted by atomic mass is 35.5. The number of aliphatic hydroxyl groups excluding tert-OH is 1. The average molecular weight is 556 g/mol. The Labute approximate surface area is 216 Å². The van der Waals surface area contributed by atoms with Gasteiger partial charge in [-0.25, -0.2) is 12.8 Å². The minimum absolute atomic E-state index is 0.0653. The van der Waals surface area contributed by atoms with E-state index < -0.39 is 44.7 Å². The molecule has 4 rings (SSSR count). The van der Waals surface area contributed by atoms with Crippen molar-refractivity contribution < 1.29 is 35.8 Å². The van der Waals surface area contributed by atoms with Crippen molar-refractivity contribution in [2.75, 3.05) is 10.8 Å². The highest BCUT2D eigenvalue weighted by Gasteiger charge is 2.38. The third kappa shape index (κ3) is 5.46. The van der Waals surface area contributed by atoms with Crippen LogP contribution in [0.15, 0.2) is 65.6 Å². The van der Waals surface area contributed by atoms with Gasteiger partial charge in [0, 0.05) is 5.56 Å². The van der Waals surface area contributed by atoms with Gasteiger partial charge >= 0.3 is 6.18 Å². The lowest BCUT2D eigenvalue weighted by Crippen LogP contribution is -2.47. The van der Waals surface area contributed by atoms with E-state index in [0.717, 1.165) is 22.5 Å². The van der Waals surface area contributed by atoms with Gasteiger partial charge in [-0.3, -0.25) is 4.31 Å². The number of aliphatic hydroxyl groups is 1. The fourth-order valence-corrected chi connectivity index (χ4v) is 5.85. The molecule has 1 aliphatic rings. The van der Waals surface area contributed by atoms with Crippen molar-refractivity contribution in [1.29, 1.82) is 0 Å². The van der Waals surface area contributed by atoms with Crippen LogP contribution in [0.5, 0.6) is 5.75 Å². The zero-order valence-electron chi connectivity index (χ0n) is 19.6. The van der Waals surface area contributed by atoms with E-state index in [9.17, 15) is 31.1 Å². The van der Waals surface area contributed by atoms with Crippen molar-refractivity contribution in [1.82, 2.24) is 0 Å². The van der Waals surface area contributed by atoms with Crippen molar-refractivity contribution in [2.45, 2.75) is 37.1 Å². The molecule has 0 saturated carbocycles. The van der Waals surface area contributed by atoms with Crippen molar-refractivity contribution in [3.63, 3.8) is 0 Å². The molecule has 0 spiro atoms. The molecule has 0 amide bonds. The number of sulfonamides is 1. The number of alkyl halides is 3. The molecule has 3 aromatic rings. The summed E-state index contributed by atoms with van der Waals surface area (Å²) in [6.07, 6.45) is -5.17. The van der Waals surface area contributed by atoms with E-state index in [-0.39, 0.29) is 28.6 Å². The van der Waals surface area contributed by atoms with Crippen LogP contribution in [0.25, 0.3) is 11.6 Å². The number of hydrogen-bond acceptors (Lipinski definition) is 4. The van der Waals surface area contributed by atoms with E-state index in [1.54, 1.807) is 19.1 Å². The molecule has 0 radical (unpaired) electrons. The quantitative estimate of drug-likeness (QED) is 0.292. The molecule has 1 aliphatic heterocycles. The second-order valence-corrected chi connectivity index (χ2v) is 10.9. The van der Waals surface area contributed by atoms with E-state index in [0.29, 0.717) is 17.2 Å². The van der Waals surface area contributed by atoms with Crippen molar-refractivity contribution in [3.8, 4) is 5.75 Å². The van der Waals surface area contributed by atoms with Crippen LogP contribution >= 0.6 is 11.6 Å². The largest absolute Gasteiger partial charge is 0.484 e. The van der Waals surface area contributed by atoms with E-state index in [1.165, 1.54) is 37.3 Å². The van der Waals surface area contributed by atoms with Crippen LogP contribution in [0.1, 0.15) is 30.5 Å². The predicted octanol–water partition coefficient (Wildman–Crippen LogP) is 6.40. The Balaban J connectivity index is 1.82. The maximum absolute atomic E-state index is 14.4. The van der Waals surface area contributed by atoms with Gasteiger partial charge in [0.2, 0.25) is 0 Å². The van der Waals surface area contributed by atoms with Crippen LogP contribution in [-0.2, 0) is 16.2 Å². The molecule has 2 atom stereocenters. The Morgan fingerprint density at radius 3 is 2.51 bits per heavy atom. The Hall–Kier alpha value is -3.08. The van der Waals surface area contributed by atoms with Crippen LogP contribution in [0.2, 0.25) is 5.02 Å². The van der Waals surface area contributed by atoms with Gasteiger partial charge in [0.15, 0.2) is 0 Å². The first kappa shape index (κ1) is 27.0. The fourth-order valence-electron chi connectivity index (χ4n) is 4.02. The molecular weight excluding hydrogens is 534 g/mol. The van der Waals surface area contributed by atoms with Crippen LogP contribution in [0.4, 0.5) is 23.2 Å². The molecule has 1 heterocycles. The van der Waals surface area contributed by atoms with Gasteiger partial charge in [-0.15, -0.1) is 0 Å². The molecule has 0 unspecified atom stereocenters. The molecule has 0 fully saturated rings. The van der Waals surface area contributed by atoms with Crippen LogP contribution in [0.3, 0.4) is 0 Å². The van der Waals surface area contributed by atoms with Gasteiger partial charge in [-0.1, -0.05) is 35.9 Å². The SMILES string of the molecule is CC(=Cc1ccc2c(c1)N(S(=O)(=O)c1cccc(C(F)(F)F)c1)C[C@H]([C@@H](C)O)O2)c1c(F)cccc1Cl. The summed E-state index contributed by atoms with van der Waals surface area (Å²) in [6, 6.07) is 12.3. The molecule has 1 N–H and O–H groups in total. The van der Waals surface area contributed by atoms with E-state index in [4.69, 9.17) is 16.3 Å². The Kier molecular flexibility index (Phi) is 7.29. The molecule has 0 aromatic heterocycles. The number of halogens is 5. The molecule has 3 aromatic carbocycles. The van der Waals surface area contributed by atoms with Gasteiger partial charge in [-0.05, 0) is 67.4 Å². The van der Waals surface area contributed by atoms with Gasteiger partial charge in [0.1, 0.15) is 17.7 Å². The zero-order chi connectivity index (χ0) is 27.1. The lowest BCUT2D eigenvalue weighted by Gasteiger charge is -2.36. The van der Waals surface area contributed by atoms with Gasteiger partial charge < -0.3 is 9.84 Å². The highest BCUT2D eigenvalue weighted by Crippen LogP contribution is 2.40. The van der Waals surface area contributed by atoms with Crippen LogP contribution < -0.4 is 9.04 Å². The third-order valence-electron chi connectivity index (χ3n) is 5.90. The summed E-state index contributed by atoms with van der Waals surface area (Å²) < 4.78 is 88.1. The minimum Gasteiger partial charge on any atom is -0.484 e. The first-order valence-corrected chi connectivity index (χ1v) is 12.9. The number of rotatable bonds is 5. The number of anilines is 1. The highest BCUT2D eigenvalue weighted by molar-refractivity contribution is 7.92. The summed E-state index contributed by atoms with van der Waals surface area (Å²) in [7, 11) is -4.50. The number of hydrogen-bond donors (Lipinski definition) is 1. The lowest BCUT2D eigenvalue weighted by atomic mass is 10.0. The predicted molar refractivity (Wildman–Crippen MR) is 133 cm³/mol. The smallest absolute Gasteiger partial charge is 0.416 e. The third-order valence-corrected chi connectivity index (χ3v) is 7.99. The zero-order valence-corrected chi connectivity index (χ0v) is 21.2. The van der Waals surface area contributed by atoms with Crippen molar-refractivity contribution in [2.24, 2.45) is 0 Å². The fraction of sp³-hybridized carbons (Fsp3) is 0.231. The molecule has 5 nitrogen and oxygen atoms in total. The average Bonchev–Trinajstić information content (AvgIpc) is 2.82. The number of ether oxygens (including phenoxy) is 1. The summed E-state index contributed by atoms with van der Waals surface area (Å²) >= 11 is 6.16. The summed E-state index contributed by atoms with van der Waals surface area (Å²) in [5.74, 6) is -0.414. The molecule has 196 valence electrons. The number of allylic oxidation sites excluding steroid dienone is 1.